The molecule has 4 heteroatoms. The Kier molecular flexibility index (Phi) is 3.24. The summed E-state index contributed by atoms with van der Waals surface area (Å²) in [7, 11) is 0. The number of Topliss-reactive ketones (excluding diaryl/α,β-unsaturated/α-hetero) is 1. The van der Waals surface area contributed by atoms with Gasteiger partial charge in [0.25, 0.3) is 0 Å². The number of anilines is 1. The molecule has 0 unspecified atom stereocenters. The van der Waals surface area contributed by atoms with Gasteiger partial charge in [-0.05, 0) is 68.2 Å². The van der Waals surface area contributed by atoms with E-state index in [-0.39, 0.29) is 11.8 Å². The normalized spacial score (nSPS) is 19.2. The molecule has 2 saturated carbocycles. The third kappa shape index (κ3) is 2.84. The first kappa shape index (κ1) is 13.2. The monoisotopic (exact) mass is 272 g/mol. The molecule has 2 aliphatic rings. The van der Waals surface area contributed by atoms with Gasteiger partial charge in [0.1, 0.15) is 0 Å². The zero-order valence-electron chi connectivity index (χ0n) is 11.7. The van der Waals surface area contributed by atoms with Crippen LogP contribution in [-0.4, -0.2) is 18.4 Å². The van der Waals surface area contributed by atoms with Gasteiger partial charge in [-0.3, -0.25) is 4.79 Å². The number of hydrogen-bond donors (Lipinski definition) is 2. The molecule has 4 nitrogen and oxygen atoms in total. The molecular formula is C16H20N2O2. The molecule has 0 spiro atoms. The van der Waals surface area contributed by atoms with Crippen LogP contribution in [0.25, 0.3) is 0 Å². The third-order valence-corrected chi connectivity index (χ3v) is 4.49. The standard InChI is InChI=1S/C16H20N2O2/c1-11(19)12-2-6-14(7-3-12)18-15(20)17-10-16(8-9-16)13-4-5-13/h2-3,6-7,13H,4-5,8-10H2,1H3,(H2,17,18,20). The fourth-order valence-electron chi connectivity index (χ4n) is 2.81. The van der Waals surface area contributed by atoms with Crippen LogP contribution in [0.5, 0.6) is 0 Å². The van der Waals surface area contributed by atoms with E-state index in [0.717, 1.165) is 12.5 Å². The number of nitrogens with one attached hydrogen (secondary N) is 2. The molecule has 0 bridgehead atoms. The molecule has 2 fully saturated rings. The molecule has 2 N–H and O–H groups in total. The van der Waals surface area contributed by atoms with Crippen LogP contribution in [-0.2, 0) is 0 Å². The van der Waals surface area contributed by atoms with E-state index in [4.69, 9.17) is 0 Å². The Labute approximate surface area is 118 Å². The lowest BCUT2D eigenvalue weighted by atomic mass is 10.0. The number of amides is 2. The zero-order chi connectivity index (χ0) is 14.2. The maximum absolute atomic E-state index is 11.9. The Morgan fingerprint density at radius 2 is 1.85 bits per heavy atom. The van der Waals surface area contributed by atoms with Crippen molar-refractivity contribution in [2.75, 3.05) is 11.9 Å². The molecule has 1 aromatic rings. The highest BCUT2D eigenvalue weighted by Gasteiger charge is 2.53. The molecule has 106 valence electrons. The van der Waals surface area contributed by atoms with Gasteiger partial charge in [0.05, 0.1) is 0 Å². The predicted octanol–water partition coefficient (Wildman–Crippen LogP) is 3.20. The summed E-state index contributed by atoms with van der Waals surface area (Å²) in [4.78, 5) is 23.0. The van der Waals surface area contributed by atoms with Crippen molar-refractivity contribution in [2.24, 2.45) is 11.3 Å². The minimum Gasteiger partial charge on any atom is -0.337 e. The summed E-state index contributed by atoms with van der Waals surface area (Å²) in [6.07, 6.45) is 5.17. The molecule has 2 aliphatic carbocycles. The Bertz CT molecular complexity index is 528. The molecule has 0 atom stereocenters. The van der Waals surface area contributed by atoms with Crippen molar-refractivity contribution in [3.05, 3.63) is 29.8 Å². The van der Waals surface area contributed by atoms with E-state index in [0.29, 0.717) is 16.7 Å². The van der Waals surface area contributed by atoms with E-state index in [9.17, 15) is 9.59 Å². The van der Waals surface area contributed by atoms with Gasteiger partial charge in [0, 0.05) is 17.8 Å². The lowest BCUT2D eigenvalue weighted by Crippen LogP contribution is -2.34. The fraction of sp³-hybridized carbons (Fsp3) is 0.500. The lowest BCUT2D eigenvalue weighted by Gasteiger charge is -2.15. The summed E-state index contributed by atoms with van der Waals surface area (Å²) < 4.78 is 0. The second-order valence-electron chi connectivity index (χ2n) is 6.08. The van der Waals surface area contributed by atoms with E-state index in [1.54, 1.807) is 24.3 Å². The first-order valence-corrected chi connectivity index (χ1v) is 7.25. The second-order valence-corrected chi connectivity index (χ2v) is 6.08. The van der Waals surface area contributed by atoms with E-state index in [1.807, 2.05) is 0 Å². The summed E-state index contributed by atoms with van der Waals surface area (Å²) >= 11 is 0. The average Bonchev–Trinajstić information content (AvgIpc) is 3.28. The highest BCUT2D eigenvalue weighted by Crippen LogP contribution is 2.60. The van der Waals surface area contributed by atoms with Crippen LogP contribution in [0.1, 0.15) is 43.0 Å². The van der Waals surface area contributed by atoms with Crippen LogP contribution in [0.3, 0.4) is 0 Å². The molecule has 0 aliphatic heterocycles. The number of urea groups is 1. The largest absolute Gasteiger partial charge is 0.337 e. The highest BCUT2D eigenvalue weighted by molar-refractivity contribution is 5.95. The molecule has 0 heterocycles. The van der Waals surface area contributed by atoms with Gasteiger partial charge in [-0.25, -0.2) is 4.79 Å². The number of hydrogen-bond acceptors (Lipinski definition) is 2. The number of benzene rings is 1. The number of carbonyl (C=O) groups is 2. The zero-order valence-corrected chi connectivity index (χ0v) is 11.7. The van der Waals surface area contributed by atoms with Crippen molar-refractivity contribution in [2.45, 2.75) is 32.6 Å². The number of carbonyl (C=O) groups excluding carboxylic acids is 2. The summed E-state index contributed by atoms with van der Waals surface area (Å²) in [6.45, 7) is 2.32. The molecule has 1 aromatic carbocycles. The summed E-state index contributed by atoms with van der Waals surface area (Å²) in [5.41, 5.74) is 1.78. The Morgan fingerprint density at radius 3 is 2.35 bits per heavy atom. The predicted molar refractivity (Wildman–Crippen MR) is 77.9 cm³/mol. The Balaban J connectivity index is 1.49. The second kappa shape index (κ2) is 4.93. The van der Waals surface area contributed by atoms with Crippen molar-refractivity contribution in [1.29, 1.82) is 0 Å². The van der Waals surface area contributed by atoms with Crippen molar-refractivity contribution in [3.63, 3.8) is 0 Å². The molecule has 2 amide bonds. The van der Waals surface area contributed by atoms with E-state index < -0.39 is 0 Å². The SMILES string of the molecule is CC(=O)c1ccc(NC(=O)NCC2(C3CC3)CC2)cc1. The van der Waals surface area contributed by atoms with Crippen molar-refractivity contribution in [3.8, 4) is 0 Å². The molecular weight excluding hydrogens is 252 g/mol. The van der Waals surface area contributed by atoms with Crippen molar-refractivity contribution in [1.82, 2.24) is 5.32 Å². The number of rotatable bonds is 5. The lowest BCUT2D eigenvalue weighted by molar-refractivity contribution is 0.101. The molecule has 20 heavy (non-hydrogen) atoms. The maximum atomic E-state index is 11.9. The van der Waals surface area contributed by atoms with Gasteiger partial charge in [-0.15, -0.1) is 0 Å². The van der Waals surface area contributed by atoms with Gasteiger partial charge in [0.2, 0.25) is 0 Å². The fourth-order valence-corrected chi connectivity index (χ4v) is 2.81. The van der Waals surface area contributed by atoms with Crippen LogP contribution in [0.15, 0.2) is 24.3 Å². The maximum Gasteiger partial charge on any atom is 0.319 e. The highest BCUT2D eigenvalue weighted by atomic mass is 16.2. The average molecular weight is 272 g/mol. The van der Waals surface area contributed by atoms with Gasteiger partial charge in [-0.2, -0.15) is 0 Å². The van der Waals surface area contributed by atoms with E-state index in [1.165, 1.54) is 32.6 Å². The molecule has 3 rings (SSSR count). The smallest absolute Gasteiger partial charge is 0.319 e. The Hall–Kier alpha value is -1.84. The third-order valence-electron chi connectivity index (χ3n) is 4.49. The first-order chi connectivity index (χ1) is 9.59. The van der Waals surface area contributed by atoms with Crippen LogP contribution in [0.2, 0.25) is 0 Å². The minimum atomic E-state index is -0.160. The topological polar surface area (TPSA) is 58.2 Å². The summed E-state index contributed by atoms with van der Waals surface area (Å²) in [6, 6.07) is 6.80. The van der Waals surface area contributed by atoms with Crippen molar-refractivity contribution < 1.29 is 9.59 Å². The van der Waals surface area contributed by atoms with Crippen molar-refractivity contribution >= 4 is 17.5 Å². The van der Waals surface area contributed by atoms with Gasteiger partial charge < -0.3 is 10.6 Å². The minimum absolute atomic E-state index is 0.0288. The van der Waals surface area contributed by atoms with Crippen LogP contribution in [0.4, 0.5) is 10.5 Å². The number of ketones is 1. The molecule has 0 radical (unpaired) electrons. The van der Waals surface area contributed by atoms with E-state index >= 15 is 0 Å². The van der Waals surface area contributed by atoms with Crippen LogP contribution >= 0.6 is 0 Å². The Morgan fingerprint density at radius 1 is 1.20 bits per heavy atom. The first-order valence-electron chi connectivity index (χ1n) is 7.25. The van der Waals surface area contributed by atoms with E-state index in [2.05, 4.69) is 10.6 Å². The molecule has 0 saturated heterocycles. The quantitative estimate of drug-likeness (QED) is 0.809. The summed E-state index contributed by atoms with van der Waals surface area (Å²) in [5.74, 6) is 0.874. The van der Waals surface area contributed by atoms with Crippen LogP contribution in [0, 0.1) is 11.3 Å². The molecule has 0 aromatic heterocycles. The van der Waals surface area contributed by atoms with Crippen LogP contribution < -0.4 is 10.6 Å². The van der Waals surface area contributed by atoms with Gasteiger partial charge in [-0.1, -0.05) is 0 Å². The van der Waals surface area contributed by atoms with Gasteiger partial charge >= 0.3 is 6.03 Å². The summed E-state index contributed by atoms with van der Waals surface area (Å²) in [5, 5.41) is 5.78. The van der Waals surface area contributed by atoms with Gasteiger partial charge in [0.15, 0.2) is 5.78 Å².